The Hall–Kier alpha value is -2.28. The van der Waals surface area contributed by atoms with E-state index < -0.39 is 17.6 Å². The summed E-state index contributed by atoms with van der Waals surface area (Å²) in [6, 6.07) is 4.46. The summed E-state index contributed by atoms with van der Waals surface area (Å²) in [4.78, 5) is 12.7. The lowest BCUT2D eigenvalue weighted by Crippen LogP contribution is -2.45. The number of ether oxygens (including phenoxy) is 2. The van der Waals surface area contributed by atoms with Gasteiger partial charge in [0.05, 0.1) is 18.2 Å². The SMILES string of the molecule is CCOc1cc([C@@H]2NC(=S)NC(C)=C2C(=O)OC(C)(C)C)ccc1O. The van der Waals surface area contributed by atoms with Gasteiger partial charge in [0.1, 0.15) is 5.60 Å². The van der Waals surface area contributed by atoms with E-state index >= 15 is 0 Å². The van der Waals surface area contributed by atoms with Gasteiger partial charge in [-0.3, -0.25) is 0 Å². The highest BCUT2D eigenvalue weighted by Gasteiger charge is 2.33. The Morgan fingerprint density at radius 1 is 1.36 bits per heavy atom. The van der Waals surface area contributed by atoms with Crippen LogP contribution in [-0.2, 0) is 9.53 Å². The zero-order valence-electron chi connectivity index (χ0n) is 15.1. The topological polar surface area (TPSA) is 79.8 Å². The number of carbonyl (C=O) groups is 1. The van der Waals surface area contributed by atoms with E-state index in [0.29, 0.717) is 28.7 Å². The second kappa shape index (κ2) is 7.31. The van der Waals surface area contributed by atoms with Gasteiger partial charge in [-0.25, -0.2) is 4.79 Å². The Balaban J connectivity index is 2.46. The Kier molecular flexibility index (Phi) is 5.57. The maximum absolute atomic E-state index is 12.7. The van der Waals surface area contributed by atoms with Crippen molar-refractivity contribution in [2.45, 2.75) is 46.3 Å². The van der Waals surface area contributed by atoms with Crippen LogP contribution in [0.1, 0.15) is 46.2 Å². The number of nitrogens with one attached hydrogen (secondary N) is 2. The number of phenols is 1. The van der Waals surface area contributed by atoms with Gasteiger partial charge in [-0.15, -0.1) is 0 Å². The van der Waals surface area contributed by atoms with Gasteiger partial charge in [0.15, 0.2) is 16.6 Å². The molecule has 1 aliphatic rings. The van der Waals surface area contributed by atoms with Gasteiger partial charge >= 0.3 is 5.97 Å². The Morgan fingerprint density at radius 3 is 2.64 bits per heavy atom. The predicted molar refractivity (Wildman–Crippen MR) is 99.4 cm³/mol. The molecule has 7 heteroatoms. The Labute approximate surface area is 153 Å². The molecule has 0 spiro atoms. The molecule has 0 saturated carbocycles. The van der Waals surface area contributed by atoms with E-state index in [1.807, 2.05) is 27.7 Å². The number of esters is 1. The minimum Gasteiger partial charge on any atom is -0.504 e. The first-order valence-corrected chi connectivity index (χ1v) is 8.50. The first-order valence-electron chi connectivity index (χ1n) is 8.09. The Morgan fingerprint density at radius 2 is 2.04 bits per heavy atom. The molecule has 1 atom stereocenters. The molecule has 0 unspecified atom stereocenters. The summed E-state index contributed by atoms with van der Waals surface area (Å²) in [7, 11) is 0. The molecule has 1 aromatic rings. The number of allylic oxidation sites excluding steroid dienone is 1. The third-order valence-electron chi connectivity index (χ3n) is 3.50. The molecule has 0 amide bonds. The number of phenolic OH excluding ortho intramolecular Hbond substituents is 1. The molecule has 0 fully saturated rings. The zero-order valence-corrected chi connectivity index (χ0v) is 15.9. The van der Waals surface area contributed by atoms with Crippen LogP contribution in [0.3, 0.4) is 0 Å². The molecule has 3 N–H and O–H groups in total. The number of carbonyl (C=O) groups excluding carboxylic acids is 1. The van der Waals surface area contributed by atoms with Crippen molar-refractivity contribution >= 4 is 23.3 Å². The van der Waals surface area contributed by atoms with E-state index in [1.165, 1.54) is 6.07 Å². The van der Waals surface area contributed by atoms with Gasteiger partial charge in [-0.05, 0) is 64.5 Å². The molecule has 25 heavy (non-hydrogen) atoms. The van der Waals surface area contributed by atoms with Crippen LogP contribution in [0.2, 0.25) is 0 Å². The lowest BCUT2D eigenvalue weighted by Gasteiger charge is -2.31. The molecule has 1 aromatic carbocycles. The van der Waals surface area contributed by atoms with Crippen LogP contribution in [0.5, 0.6) is 11.5 Å². The second-order valence-corrected chi connectivity index (χ2v) is 7.14. The standard InChI is InChI=1S/C18H24N2O4S/c1-6-23-13-9-11(7-8-12(13)21)15-14(10(2)19-17(25)20-15)16(22)24-18(3,4)5/h7-9,15,21H,6H2,1-5H3,(H2,19,20,25)/t15-/m0/s1. The number of benzene rings is 1. The fraction of sp³-hybridized carbons (Fsp3) is 0.444. The van der Waals surface area contributed by atoms with Crippen LogP contribution in [0.25, 0.3) is 0 Å². The molecule has 0 aromatic heterocycles. The van der Waals surface area contributed by atoms with Gasteiger partial charge in [0.2, 0.25) is 0 Å². The fourth-order valence-electron chi connectivity index (χ4n) is 2.53. The van der Waals surface area contributed by atoms with Crippen molar-refractivity contribution < 1.29 is 19.4 Å². The molecule has 1 heterocycles. The Bertz CT molecular complexity index is 722. The van der Waals surface area contributed by atoms with Crippen molar-refractivity contribution in [3.05, 3.63) is 35.0 Å². The van der Waals surface area contributed by atoms with Crippen molar-refractivity contribution in [1.82, 2.24) is 10.6 Å². The molecule has 0 aliphatic carbocycles. The highest BCUT2D eigenvalue weighted by atomic mass is 32.1. The first-order chi connectivity index (χ1) is 11.6. The van der Waals surface area contributed by atoms with E-state index in [9.17, 15) is 9.90 Å². The second-order valence-electron chi connectivity index (χ2n) is 6.73. The van der Waals surface area contributed by atoms with Crippen LogP contribution in [0, 0.1) is 0 Å². The molecule has 0 radical (unpaired) electrons. The minimum atomic E-state index is -0.613. The summed E-state index contributed by atoms with van der Waals surface area (Å²) in [5.74, 6) is -0.0300. The van der Waals surface area contributed by atoms with Gasteiger partial charge in [0.25, 0.3) is 0 Å². The van der Waals surface area contributed by atoms with E-state index in [1.54, 1.807) is 19.1 Å². The summed E-state index contributed by atoms with van der Waals surface area (Å²) >= 11 is 5.23. The molecule has 6 nitrogen and oxygen atoms in total. The van der Waals surface area contributed by atoms with E-state index in [4.69, 9.17) is 21.7 Å². The number of aromatic hydroxyl groups is 1. The highest BCUT2D eigenvalue weighted by molar-refractivity contribution is 7.80. The molecule has 2 rings (SSSR count). The van der Waals surface area contributed by atoms with Crippen LogP contribution in [-0.4, -0.2) is 28.4 Å². The molecule has 0 saturated heterocycles. The number of hydrogen-bond donors (Lipinski definition) is 3. The molecular formula is C18H24N2O4S. The van der Waals surface area contributed by atoms with Crippen molar-refractivity contribution in [2.24, 2.45) is 0 Å². The molecule has 0 bridgehead atoms. The summed E-state index contributed by atoms with van der Waals surface area (Å²) < 4.78 is 11.0. The minimum absolute atomic E-state index is 0.0432. The average molecular weight is 364 g/mol. The van der Waals surface area contributed by atoms with E-state index in [-0.39, 0.29) is 5.75 Å². The molecular weight excluding hydrogens is 340 g/mol. The average Bonchev–Trinajstić information content (AvgIpc) is 2.47. The zero-order chi connectivity index (χ0) is 18.8. The van der Waals surface area contributed by atoms with Gasteiger partial charge in [-0.2, -0.15) is 0 Å². The number of thiocarbonyl (C=S) groups is 1. The summed E-state index contributed by atoms with van der Waals surface area (Å²) in [6.45, 7) is 9.49. The summed E-state index contributed by atoms with van der Waals surface area (Å²) in [6.07, 6.45) is 0. The first kappa shape index (κ1) is 19.1. The number of rotatable bonds is 4. The lowest BCUT2D eigenvalue weighted by molar-refractivity contribution is -0.150. The van der Waals surface area contributed by atoms with Gasteiger partial charge < -0.3 is 25.2 Å². The third kappa shape index (κ3) is 4.63. The maximum Gasteiger partial charge on any atom is 0.338 e. The summed E-state index contributed by atoms with van der Waals surface area (Å²) in [5.41, 5.74) is 1.20. The largest absolute Gasteiger partial charge is 0.504 e. The highest BCUT2D eigenvalue weighted by Crippen LogP contribution is 2.34. The van der Waals surface area contributed by atoms with Crippen molar-refractivity contribution in [3.63, 3.8) is 0 Å². The van der Waals surface area contributed by atoms with Crippen molar-refractivity contribution in [2.75, 3.05) is 6.61 Å². The van der Waals surface area contributed by atoms with Gasteiger partial charge in [-0.1, -0.05) is 6.07 Å². The van der Waals surface area contributed by atoms with E-state index in [0.717, 1.165) is 5.56 Å². The predicted octanol–water partition coefficient (Wildman–Crippen LogP) is 2.93. The maximum atomic E-state index is 12.7. The lowest BCUT2D eigenvalue weighted by atomic mass is 9.95. The van der Waals surface area contributed by atoms with Crippen molar-refractivity contribution in [3.8, 4) is 11.5 Å². The van der Waals surface area contributed by atoms with E-state index in [2.05, 4.69) is 10.6 Å². The smallest absolute Gasteiger partial charge is 0.338 e. The summed E-state index contributed by atoms with van der Waals surface area (Å²) in [5, 5.41) is 16.4. The normalized spacial score (nSPS) is 17.6. The van der Waals surface area contributed by atoms with Gasteiger partial charge in [0, 0.05) is 5.70 Å². The van der Waals surface area contributed by atoms with Crippen LogP contribution in [0.4, 0.5) is 0 Å². The number of hydrogen-bond acceptors (Lipinski definition) is 5. The van der Waals surface area contributed by atoms with Crippen LogP contribution in [0.15, 0.2) is 29.5 Å². The monoisotopic (exact) mass is 364 g/mol. The quantitative estimate of drug-likeness (QED) is 0.560. The van der Waals surface area contributed by atoms with Crippen LogP contribution >= 0.6 is 12.2 Å². The molecule has 136 valence electrons. The van der Waals surface area contributed by atoms with Crippen LogP contribution < -0.4 is 15.4 Å². The molecule has 1 aliphatic heterocycles. The third-order valence-corrected chi connectivity index (χ3v) is 3.72. The van der Waals surface area contributed by atoms with Crippen molar-refractivity contribution in [1.29, 1.82) is 0 Å². The fourth-order valence-corrected chi connectivity index (χ4v) is 2.80.